The zero-order chi connectivity index (χ0) is 10.8. The summed E-state index contributed by atoms with van der Waals surface area (Å²) in [6.45, 7) is 1.73. The first kappa shape index (κ1) is 11.6. The van der Waals surface area contributed by atoms with Crippen LogP contribution in [0.5, 0.6) is 0 Å². The third-order valence-corrected chi connectivity index (χ3v) is 3.52. The van der Waals surface area contributed by atoms with E-state index in [0.717, 1.165) is 0 Å². The van der Waals surface area contributed by atoms with Gasteiger partial charge in [-0.3, -0.25) is 4.72 Å². The molecule has 0 aliphatic carbocycles. The van der Waals surface area contributed by atoms with Crippen LogP contribution in [0.15, 0.2) is 12.3 Å². The van der Waals surface area contributed by atoms with Gasteiger partial charge in [-0.15, -0.1) is 11.6 Å². The SMILES string of the molecule is Cc1cc(NS(=O)(=O)CCl)cnc1Cl. The first-order valence-electron chi connectivity index (χ1n) is 3.63. The number of aryl methyl sites for hydroxylation is 1. The monoisotopic (exact) mass is 254 g/mol. The summed E-state index contributed by atoms with van der Waals surface area (Å²) in [6, 6.07) is 1.58. The molecule has 1 heterocycles. The Hall–Kier alpha value is -0.520. The lowest BCUT2D eigenvalue weighted by atomic mass is 10.3. The maximum absolute atomic E-state index is 11.1. The summed E-state index contributed by atoms with van der Waals surface area (Å²) in [5, 5.41) is -0.145. The maximum Gasteiger partial charge on any atom is 0.246 e. The molecule has 0 unspecified atom stereocenters. The van der Waals surface area contributed by atoms with Crippen LogP contribution >= 0.6 is 23.2 Å². The highest BCUT2D eigenvalue weighted by Gasteiger charge is 2.08. The molecule has 1 aromatic rings. The zero-order valence-electron chi connectivity index (χ0n) is 7.29. The largest absolute Gasteiger partial charge is 0.281 e. The van der Waals surface area contributed by atoms with E-state index >= 15 is 0 Å². The summed E-state index contributed by atoms with van der Waals surface area (Å²) in [5.41, 5.74) is 1.05. The summed E-state index contributed by atoms with van der Waals surface area (Å²) in [6.07, 6.45) is 1.33. The van der Waals surface area contributed by atoms with Crippen LogP contribution in [0.4, 0.5) is 5.69 Å². The third kappa shape index (κ3) is 3.01. The number of hydrogen-bond acceptors (Lipinski definition) is 3. The molecular weight excluding hydrogens is 247 g/mol. The van der Waals surface area contributed by atoms with Gasteiger partial charge in [0, 0.05) is 0 Å². The average Bonchev–Trinajstić information content (AvgIpc) is 2.11. The Morgan fingerprint density at radius 2 is 2.21 bits per heavy atom. The number of nitrogens with one attached hydrogen (secondary N) is 1. The molecule has 1 rings (SSSR count). The Balaban J connectivity index is 2.94. The smallest absolute Gasteiger partial charge is 0.246 e. The van der Waals surface area contributed by atoms with Gasteiger partial charge >= 0.3 is 0 Å². The Kier molecular flexibility index (Phi) is 3.58. The van der Waals surface area contributed by atoms with Gasteiger partial charge in [0.1, 0.15) is 10.4 Å². The van der Waals surface area contributed by atoms with Gasteiger partial charge in [-0.25, -0.2) is 13.4 Å². The quantitative estimate of drug-likeness (QED) is 0.663. The molecule has 14 heavy (non-hydrogen) atoms. The highest BCUT2D eigenvalue weighted by Crippen LogP contribution is 2.17. The number of rotatable bonds is 3. The van der Waals surface area contributed by atoms with Crippen LogP contribution < -0.4 is 4.72 Å². The van der Waals surface area contributed by atoms with Crippen molar-refractivity contribution in [2.75, 3.05) is 9.93 Å². The fraction of sp³-hybridized carbons (Fsp3) is 0.286. The van der Waals surface area contributed by atoms with Gasteiger partial charge in [-0.1, -0.05) is 11.6 Å². The molecule has 0 amide bonds. The number of nitrogens with zero attached hydrogens (tertiary/aromatic N) is 1. The van der Waals surface area contributed by atoms with E-state index in [4.69, 9.17) is 23.2 Å². The van der Waals surface area contributed by atoms with Crippen molar-refractivity contribution in [1.29, 1.82) is 0 Å². The van der Waals surface area contributed by atoms with Crippen LogP contribution in [0, 0.1) is 6.92 Å². The van der Waals surface area contributed by atoms with E-state index in [1.165, 1.54) is 6.20 Å². The van der Waals surface area contributed by atoms with Crippen LogP contribution in [-0.4, -0.2) is 18.6 Å². The van der Waals surface area contributed by atoms with Crippen molar-refractivity contribution in [3.63, 3.8) is 0 Å². The Bertz CT molecular complexity index is 433. The molecule has 0 fully saturated rings. The molecule has 0 spiro atoms. The van der Waals surface area contributed by atoms with Crippen molar-refractivity contribution in [2.24, 2.45) is 0 Å². The molecule has 0 atom stereocenters. The zero-order valence-corrected chi connectivity index (χ0v) is 9.62. The van der Waals surface area contributed by atoms with Crippen molar-refractivity contribution in [1.82, 2.24) is 4.98 Å². The van der Waals surface area contributed by atoms with Gasteiger partial charge in [-0.05, 0) is 18.6 Å². The van der Waals surface area contributed by atoms with E-state index in [9.17, 15) is 8.42 Å². The minimum Gasteiger partial charge on any atom is -0.281 e. The summed E-state index contributed by atoms with van der Waals surface area (Å²) >= 11 is 10.9. The van der Waals surface area contributed by atoms with Crippen molar-refractivity contribution >= 4 is 38.9 Å². The number of sulfonamides is 1. The van der Waals surface area contributed by atoms with Crippen LogP contribution in [0.3, 0.4) is 0 Å². The third-order valence-electron chi connectivity index (χ3n) is 1.43. The summed E-state index contributed by atoms with van der Waals surface area (Å²) in [4.78, 5) is 3.79. The normalized spacial score (nSPS) is 11.4. The standard InChI is InChI=1S/C7H8Cl2N2O2S/c1-5-2-6(3-10-7(5)9)11-14(12,13)4-8/h2-3,11H,4H2,1H3. The second-order valence-corrected chi connectivity index (χ2v) is 5.32. The lowest BCUT2D eigenvalue weighted by Gasteiger charge is -2.05. The summed E-state index contributed by atoms with van der Waals surface area (Å²) in [7, 11) is -3.47. The van der Waals surface area contributed by atoms with E-state index in [0.29, 0.717) is 16.4 Å². The highest BCUT2D eigenvalue weighted by atomic mass is 35.5. The summed E-state index contributed by atoms with van der Waals surface area (Å²) < 4.78 is 24.4. The number of pyridine rings is 1. The van der Waals surface area contributed by atoms with E-state index in [-0.39, 0.29) is 0 Å². The molecule has 0 radical (unpaired) electrons. The topological polar surface area (TPSA) is 59.1 Å². The Labute approximate surface area is 92.3 Å². The molecule has 0 aliphatic rings. The van der Waals surface area contributed by atoms with Crippen LogP contribution in [0.2, 0.25) is 5.15 Å². The average molecular weight is 255 g/mol. The van der Waals surface area contributed by atoms with E-state index in [2.05, 4.69) is 9.71 Å². The predicted molar refractivity (Wildman–Crippen MR) is 57.2 cm³/mol. The maximum atomic E-state index is 11.1. The molecule has 0 saturated heterocycles. The highest BCUT2D eigenvalue weighted by molar-refractivity contribution is 7.93. The van der Waals surface area contributed by atoms with Gasteiger partial charge < -0.3 is 0 Å². The lowest BCUT2D eigenvalue weighted by molar-refractivity contribution is 0.605. The molecule has 0 aromatic carbocycles. The number of alkyl halides is 1. The van der Waals surface area contributed by atoms with E-state index in [1.54, 1.807) is 13.0 Å². The van der Waals surface area contributed by atoms with E-state index in [1.807, 2.05) is 0 Å². The van der Waals surface area contributed by atoms with Gasteiger partial charge in [0.2, 0.25) is 10.0 Å². The van der Waals surface area contributed by atoms with Gasteiger partial charge in [0.15, 0.2) is 0 Å². The van der Waals surface area contributed by atoms with Crippen molar-refractivity contribution < 1.29 is 8.42 Å². The second kappa shape index (κ2) is 4.33. The minimum atomic E-state index is -3.47. The fourth-order valence-corrected chi connectivity index (χ4v) is 1.61. The van der Waals surface area contributed by atoms with Gasteiger partial charge in [0.25, 0.3) is 0 Å². The van der Waals surface area contributed by atoms with Crippen LogP contribution in [0.1, 0.15) is 5.56 Å². The lowest BCUT2D eigenvalue weighted by Crippen LogP contribution is -2.13. The summed E-state index contributed by atoms with van der Waals surface area (Å²) in [5.74, 6) is 0. The van der Waals surface area contributed by atoms with Gasteiger partial charge in [0.05, 0.1) is 11.9 Å². The number of halogens is 2. The number of aromatic nitrogens is 1. The van der Waals surface area contributed by atoms with Crippen molar-refractivity contribution in [3.8, 4) is 0 Å². The molecule has 78 valence electrons. The molecule has 0 saturated carbocycles. The molecule has 7 heteroatoms. The predicted octanol–water partition coefficient (Wildman–Crippen LogP) is 1.98. The molecule has 0 aliphatic heterocycles. The second-order valence-electron chi connectivity index (χ2n) is 2.66. The Morgan fingerprint density at radius 3 is 2.71 bits per heavy atom. The Morgan fingerprint density at radius 1 is 1.57 bits per heavy atom. The fourth-order valence-electron chi connectivity index (χ4n) is 0.821. The first-order valence-corrected chi connectivity index (χ1v) is 6.19. The molecule has 1 N–H and O–H groups in total. The van der Waals surface area contributed by atoms with Gasteiger partial charge in [-0.2, -0.15) is 0 Å². The van der Waals surface area contributed by atoms with Crippen LogP contribution in [-0.2, 0) is 10.0 Å². The number of hydrogen-bond donors (Lipinski definition) is 1. The van der Waals surface area contributed by atoms with Crippen molar-refractivity contribution in [3.05, 3.63) is 23.0 Å². The van der Waals surface area contributed by atoms with Crippen LogP contribution in [0.25, 0.3) is 0 Å². The molecule has 1 aromatic heterocycles. The first-order chi connectivity index (χ1) is 6.44. The molecular formula is C7H8Cl2N2O2S. The number of anilines is 1. The minimum absolute atomic E-state index is 0.346. The molecule has 4 nitrogen and oxygen atoms in total. The van der Waals surface area contributed by atoms with E-state index < -0.39 is 15.2 Å². The van der Waals surface area contributed by atoms with Crippen molar-refractivity contribution in [2.45, 2.75) is 6.92 Å². The molecule has 0 bridgehead atoms.